The Labute approximate surface area is 510 Å². The third-order valence-corrected chi connectivity index (χ3v) is 16.2. The standard InChI is InChI=1S/C59H99N13O15/c1-13-31(5)44(67-51(78)39(62-11)28-37-22-18-17-19-23-37)55(82)66-41(30-74)58(85)72(12)42(25-26-43(61)75)53(80)68-46(33(7)15-3)56(83)69-45(32(6)14-2)54(81)65-40(29-73)52(79)71-48-36(10)87-59(86)47(34(8)16-4)70-50(77)38(24-20-21-27-60)64-49(76)35(9)63-57(48)84/h17-19,22-23,31-36,38-42,44-48,62,73-74H,13-16,20-21,24-30,60H2,1-12H3,(H2,61,75)(H,63,84)(H,64,76)(H,65,81)(H,66,82)(H,67,78)(H,68,80)(H,69,83)(H,70,77)(H,71,79)/t31-,32-,33-,34-,35-,36-,38-,39+,40-,41-,42+,44-,45-,46+,47-,48+/m0/s1. The summed E-state index contributed by atoms with van der Waals surface area (Å²) in [5.41, 5.74) is 12.0. The second kappa shape index (κ2) is 38.1. The molecule has 11 amide bonds. The number of rotatable bonds is 34. The number of nitrogens with one attached hydrogen (secondary N) is 10. The summed E-state index contributed by atoms with van der Waals surface area (Å²) in [4.78, 5) is 167. The van der Waals surface area contributed by atoms with Crippen molar-refractivity contribution >= 4 is 70.9 Å². The molecule has 1 saturated heterocycles. The van der Waals surface area contributed by atoms with Gasteiger partial charge >= 0.3 is 5.97 Å². The molecular formula is C59H99N13O15. The van der Waals surface area contributed by atoms with Gasteiger partial charge in [-0.2, -0.15) is 0 Å². The average Bonchev–Trinajstić information content (AvgIpc) is 3.33. The zero-order chi connectivity index (χ0) is 65.8. The van der Waals surface area contributed by atoms with Crippen molar-refractivity contribution < 1.29 is 72.5 Å². The molecule has 28 heteroatoms. The Morgan fingerprint density at radius 1 is 0.644 bits per heavy atom. The van der Waals surface area contributed by atoms with E-state index < -0.39 is 187 Å². The summed E-state index contributed by atoms with van der Waals surface area (Å²) < 4.78 is 5.72. The molecule has 87 heavy (non-hydrogen) atoms. The van der Waals surface area contributed by atoms with Gasteiger partial charge in [0, 0.05) is 13.5 Å². The maximum atomic E-state index is 14.5. The Balaban J connectivity index is 2.44. The second-order valence-electron chi connectivity index (χ2n) is 22.7. The number of nitrogens with two attached hydrogens (primary N) is 2. The molecule has 1 heterocycles. The van der Waals surface area contributed by atoms with E-state index in [1.165, 1.54) is 20.9 Å². The van der Waals surface area contributed by atoms with Gasteiger partial charge in [-0.25, -0.2) is 4.79 Å². The van der Waals surface area contributed by atoms with Gasteiger partial charge in [-0.1, -0.05) is 111 Å². The molecular weight excluding hydrogens is 1130 g/mol. The Kier molecular flexibility index (Phi) is 33.2. The largest absolute Gasteiger partial charge is 0.458 e. The van der Waals surface area contributed by atoms with Crippen LogP contribution in [0, 0.1) is 23.7 Å². The molecule has 1 fully saturated rings. The first-order valence-corrected chi connectivity index (χ1v) is 30.2. The number of unbranched alkanes of at least 4 members (excludes halogenated alkanes) is 1. The van der Waals surface area contributed by atoms with E-state index in [0.717, 1.165) is 10.5 Å². The summed E-state index contributed by atoms with van der Waals surface area (Å²) in [6.45, 7) is 14.6. The number of hydrogen-bond acceptors (Lipinski definition) is 17. The maximum Gasteiger partial charge on any atom is 0.329 e. The van der Waals surface area contributed by atoms with E-state index in [4.69, 9.17) is 16.2 Å². The molecule has 0 bridgehead atoms. The minimum absolute atomic E-state index is 0.163. The number of carbonyl (C=O) groups excluding carboxylic acids is 12. The van der Waals surface area contributed by atoms with Crippen LogP contribution in [0.1, 0.15) is 133 Å². The van der Waals surface area contributed by atoms with E-state index >= 15 is 0 Å². The molecule has 1 aliphatic rings. The van der Waals surface area contributed by atoms with Gasteiger partial charge in [-0.3, -0.25) is 52.7 Å². The fraction of sp³-hybridized carbons (Fsp3) is 0.695. The van der Waals surface area contributed by atoms with Gasteiger partial charge in [0.05, 0.1) is 19.3 Å². The van der Waals surface area contributed by atoms with Gasteiger partial charge in [0.2, 0.25) is 65.0 Å². The lowest BCUT2D eigenvalue weighted by Crippen LogP contribution is -2.63. The first-order valence-electron chi connectivity index (χ1n) is 30.2. The van der Waals surface area contributed by atoms with Crippen LogP contribution in [-0.2, 0) is 68.7 Å². The molecule has 1 aliphatic heterocycles. The predicted octanol–water partition coefficient (Wildman–Crippen LogP) is -2.46. The highest BCUT2D eigenvalue weighted by Crippen LogP contribution is 2.18. The molecule has 28 nitrogen and oxygen atoms in total. The highest BCUT2D eigenvalue weighted by molar-refractivity contribution is 5.99. The molecule has 490 valence electrons. The smallest absolute Gasteiger partial charge is 0.329 e. The molecule has 0 saturated carbocycles. The van der Waals surface area contributed by atoms with E-state index in [-0.39, 0.29) is 25.7 Å². The van der Waals surface area contributed by atoms with Crippen molar-refractivity contribution in [1.82, 2.24) is 58.1 Å². The number of carbonyl (C=O) groups is 12. The molecule has 16 N–H and O–H groups in total. The zero-order valence-electron chi connectivity index (χ0n) is 52.6. The summed E-state index contributed by atoms with van der Waals surface area (Å²) in [5.74, 6) is -12.8. The fourth-order valence-electron chi connectivity index (χ4n) is 9.43. The third kappa shape index (κ3) is 23.4. The van der Waals surface area contributed by atoms with Gasteiger partial charge in [0.25, 0.3) is 0 Å². The van der Waals surface area contributed by atoms with E-state index in [1.807, 2.05) is 30.3 Å². The third-order valence-electron chi connectivity index (χ3n) is 16.2. The lowest BCUT2D eigenvalue weighted by molar-refractivity contribution is -0.157. The highest BCUT2D eigenvalue weighted by atomic mass is 16.5. The molecule has 0 aliphatic carbocycles. The van der Waals surface area contributed by atoms with Gasteiger partial charge in [-0.05, 0) is 88.8 Å². The van der Waals surface area contributed by atoms with Crippen molar-refractivity contribution in [2.75, 3.05) is 33.9 Å². The molecule has 0 radical (unpaired) electrons. The van der Waals surface area contributed by atoms with Gasteiger partial charge in [0.1, 0.15) is 66.5 Å². The van der Waals surface area contributed by atoms with Gasteiger partial charge < -0.3 is 84.5 Å². The van der Waals surface area contributed by atoms with E-state index in [1.54, 1.807) is 62.4 Å². The molecule has 0 aromatic heterocycles. The van der Waals surface area contributed by atoms with Crippen LogP contribution < -0.4 is 64.6 Å². The van der Waals surface area contributed by atoms with Crippen molar-refractivity contribution in [3.63, 3.8) is 0 Å². The summed E-state index contributed by atoms with van der Waals surface area (Å²) in [6.07, 6.45) is 0.524. The molecule has 0 unspecified atom stereocenters. The quantitative estimate of drug-likeness (QED) is 0.0251. The van der Waals surface area contributed by atoms with Crippen molar-refractivity contribution in [3.05, 3.63) is 35.9 Å². The predicted molar refractivity (Wildman–Crippen MR) is 321 cm³/mol. The Morgan fingerprint density at radius 2 is 1.16 bits per heavy atom. The van der Waals surface area contributed by atoms with E-state index in [0.29, 0.717) is 38.6 Å². The topological polar surface area (TPSA) is 430 Å². The van der Waals surface area contributed by atoms with Crippen molar-refractivity contribution in [3.8, 4) is 0 Å². The minimum atomic E-state index is -1.81. The number of amides is 11. The van der Waals surface area contributed by atoms with Crippen LogP contribution in [0.3, 0.4) is 0 Å². The van der Waals surface area contributed by atoms with Crippen LogP contribution in [0.15, 0.2) is 30.3 Å². The number of benzene rings is 1. The number of ether oxygens (including phenoxy) is 1. The number of aliphatic hydroxyl groups excluding tert-OH is 2. The Hall–Kier alpha value is -7.30. The number of primary amides is 1. The van der Waals surface area contributed by atoms with E-state index in [9.17, 15) is 67.7 Å². The highest BCUT2D eigenvalue weighted by Gasteiger charge is 2.42. The van der Waals surface area contributed by atoms with Crippen LogP contribution in [0.2, 0.25) is 0 Å². The summed E-state index contributed by atoms with van der Waals surface area (Å²) in [7, 11) is 2.80. The molecule has 2 rings (SSSR count). The van der Waals surface area contributed by atoms with Crippen LogP contribution in [0.5, 0.6) is 0 Å². The molecule has 1 aromatic rings. The summed E-state index contributed by atoms with van der Waals surface area (Å²) in [5, 5.41) is 47.2. The van der Waals surface area contributed by atoms with Crippen molar-refractivity contribution in [1.29, 1.82) is 0 Å². The normalized spacial score (nSPS) is 21.3. The van der Waals surface area contributed by atoms with Crippen LogP contribution in [0.4, 0.5) is 0 Å². The second-order valence-corrected chi connectivity index (χ2v) is 22.7. The number of esters is 1. The lowest BCUT2D eigenvalue weighted by Gasteiger charge is -2.34. The Bertz CT molecular complexity index is 2470. The Morgan fingerprint density at radius 3 is 1.66 bits per heavy atom. The van der Waals surface area contributed by atoms with Crippen molar-refractivity contribution in [2.45, 2.75) is 206 Å². The van der Waals surface area contributed by atoms with Crippen LogP contribution in [0.25, 0.3) is 0 Å². The number of likely N-dealkylation sites (N-methyl/N-ethyl adjacent to an activating group) is 2. The van der Waals surface area contributed by atoms with Gasteiger partial charge in [0.15, 0.2) is 0 Å². The molecule has 0 spiro atoms. The monoisotopic (exact) mass is 1230 g/mol. The fourth-order valence-corrected chi connectivity index (χ4v) is 9.43. The number of cyclic esters (lactones) is 1. The SMILES string of the molecule is CC[C@H](C)[C@H](NC(=O)[C@@H](Cc1ccccc1)NC)C(=O)N[C@@H](CO)C(=O)N(C)[C@H](CCC(N)=O)C(=O)N[C@@H](C(=O)N[C@H](C(=O)N[C@@H](CO)C(=O)N[C@H]1C(=O)N[C@@H](C)C(=O)N[C@@H](CCCCN)C(=O)N[C@@H]([C@@H](C)CC)C(=O)O[C@H]1C)[C@@H](C)CC)[C@@H](C)CC. The molecule has 1 aromatic carbocycles. The van der Waals surface area contributed by atoms with E-state index in [2.05, 4.69) is 53.2 Å². The minimum Gasteiger partial charge on any atom is -0.458 e. The average molecular weight is 1230 g/mol. The molecule has 16 atom stereocenters. The first kappa shape index (κ1) is 75.8. The summed E-state index contributed by atoms with van der Waals surface area (Å²) >= 11 is 0. The number of nitrogens with zero attached hydrogens (tertiary/aromatic N) is 1. The summed E-state index contributed by atoms with van der Waals surface area (Å²) in [6, 6.07) is -6.01. The van der Waals surface area contributed by atoms with Crippen LogP contribution in [-0.4, -0.2) is 192 Å². The number of aliphatic hydroxyl groups is 2. The van der Waals surface area contributed by atoms with Gasteiger partial charge in [-0.15, -0.1) is 0 Å². The number of hydrogen-bond donors (Lipinski definition) is 14. The lowest BCUT2D eigenvalue weighted by atomic mass is 9.94. The maximum absolute atomic E-state index is 14.5. The first-order chi connectivity index (χ1) is 41.1. The zero-order valence-corrected chi connectivity index (χ0v) is 52.6. The van der Waals surface area contributed by atoms with Crippen molar-refractivity contribution in [2.24, 2.45) is 35.1 Å². The van der Waals surface area contributed by atoms with Crippen LogP contribution >= 0.6 is 0 Å².